The van der Waals surface area contributed by atoms with Crippen LogP contribution in [0.2, 0.25) is 0 Å². The van der Waals surface area contributed by atoms with Crippen LogP contribution in [0.4, 0.5) is 0 Å². The van der Waals surface area contributed by atoms with Crippen LogP contribution >= 0.6 is 11.8 Å². The van der Waals surface area contributed by atoms with Gasteiger partial charge in [0.1, 0.15) is 0 Å². The number of aromatic nitrogens is 3. The number of hydrogen-bond acceptors (Lipinski definition) is 7. The molecule has 0 saturated carbocycles. The maximum Gasteiger partial charge on any atom is 0.230 e. The number of amides is 1. The van der Waals surface area contributed by atoms with Gasteiger partial charge in [-0.25, -0.2) is 0 Å². The van der Waals surface area contributed by atoms with Gasteiger partial charge in [0.15, 0.2) is 22.5 Å². The van der Waals surface area contributed by atoms with Gasteiger partial charge in [0.05, 0.1) is 32.6 Å². The summed E-state index contributed by atoms with van der Waals surface area (Å²) in [7, 11) is 7.28. The summed E-state index contributed by atoms with van der Waals surface area (Å²) >= 11 is 1.40. The van der Waals surface area contributed by atoms with Crippen molar-refractivity contribution in [3.63, 3.8) is 0 Å². The van der Waals surface area contributed by atoms with Crippen LogP contribution in [0.5, 0.6) is 11.5 Å². The molecule has 0 spiro atoms. The Hall–Kier alpha value is -3.04. The smallest absolute Gasteiger partial charge is 0.230 e. The fraction of sp³-hybridized carbons (Fsp3) is 0.400. The zero-order chi connectivity index (χ0) is 24.5. The summed E-state index contributed by atoms with van der Waals surface area (Å²) in [5.74, 6) is 2.38. The summed E-state index contributed by atoms with van der Waals surface area (Å²) in [6.45, 7) is 3.20. The highest BCUT2D eigenvalue weighted by Gasteiger charge is 2.22. The summed E-state index contributed by atoms with van der Waals surface area (Å²) < 4.78 is 12.7. The van der Waals surface area contributed by atoms with Crippen molar-refractivity contribution < 1.29 is 14.3 Å². The second kappa shape index (κ2) is 12.4. The Labute approximate surface area is 205 Å². The number of nitrogens with zero attached hydrogens (tertiary/aromatic N) is 4. The number of methoxy groups -OCH3 is 2. The average Bonchev–Trinajstić information content (AvgIpc) is 3.23. The van der Waals surface area contributed by atoms with Crippen molar-refractivity contribution in [2.24, 2.45) is 0 Å². The van der Waals surface area contributed by atoms with Crippen molar-refractivity contribution >= 4 is 17.7 Å². The number of benzene rings is 2. The van der Waals surface area contributed by atoms with E-state index in [1.54, 1.807) is 14.2 Å². The van der Waals surface area contributed by atoms with E-state index in [1.165, 1.54) is 11.8 Å². The standard InChI is InChI=1S/C25H33N5O3S/c1-6-20(29(2)3)24-27-28-25(30(24)16-18-10-8-7-9-11-18)34-17-23(31)26-15-19-12-13-21(32-4)22(14-19)33-5/h7-14,20H,6,15-17H2,1-5H3,(H,26,31). The van der Waals surface area contributed by atoms with E-state index in [2.05, 4.69) is 44.0 Å². The Balaban J connectivity index is 1.68. The van der Waals surface area contributed by atoms with E-state index in [-0.39, 0.29) is 17.7 Å². The predicted molar refractivity (Wildman–Crippen MR) is 134 cm³/mol. The third-order valence-corrected chi connectivity index (χ3v) is 6.47. The first-order valence-corrected chi connectivity index (χ1v) is 12.2. The number of carbonyl (C=O) groups excluding carboxylic acids is 1. The van der Waals surface area contributed by atoms with Gasteiger partial charge in [-0.3, -0.25) is 9.69 Å². The second-order valence-electron chi connectivity index (χ2n) is 8.05. The molecule has 9 heteroatoms. The molecule has 3 rings (SSSR count). The van der Waals surface area contributed by atoms with E-state index in [1.807, 2.05) is 50.5 Å². The van der Waals surface area contributed by atoms with E-state index >= 15 is 0 Å². The molecule has 0 saturated heterocycles. The third-order valence-electron chi connectivity index (χ3n) is 5.51. The Morgan fingerprint density at radius 3 is 2.44 bits per heavy atom. The van der Waals surface area contributed by atoms with E-state index < -0.39 is 0 Å². The van der Waals surface area contributed by atoms with Crippen molar-refractivity contribution in [2.45, 2.75) is 37.6 Å². The Morgan fingerprint density at radius 2 is 1.79 bits per heavy atom. The monoisotopic (exact) mass is 483 g/mol. The summed E-state index contributed by atoms with van der Waals surface area (Å²) in [5, 5.41) is 12.6. The number of thioether (sulfide) groups is 1. The van der Waals surface area contributed by atoms with Crippen molar-refractivity contribution in [1.29, 1.82) is 0 Å². The maximum absolute atomic E-state index is 12.6. The topological polar surface area (TPSA) is 81.5 Å². The van der Waals surface area contributed by atoms with Gasteiger partial charge in [-0.1, -0.05) is 55.1 Å². The lowest BCUT2D eigenvalue weighted by Gasteiger charge is -2.23. The molecule has 2 aromatic carbocycles. The van der Waals surface area contributed by atoms with Gasteiger partial charge in [-0.05, 0) is 43.8 Å². The van der Waals surface area contributed by atoms with Crippen molar-refractivity contribution in [1.82, 2.24) is 25.0 Å². The van der Waals surface area contributed by atoms with E-state index in [0.717, 1.165) is 28.5 Å². The first-order chi connectivity index (χ1) is 16.5. The van der Waals surface area contributed by atoms with E-state index in [0.29, 0.717) is 24.6 Å². The van der Waals surface area contributed by atoms with Crippen LogP contribution in [0.15, 0.2) is 53.7 Å². The summed E-state index contributed by atoms with van der Waals surface area (Å²) in [6.07, 6.45) is 0.913. The number of hydrogen-bond donors (Lipinski definition) is 1. The first-order valence-electron chi connectivity index (χ1n) is 11.2. The SMILES string of the molecule is CCC(c1nnc(SCC(=O)NCc2ccc(OC)c(OC)c2)n1Cc1ccccc1)N(C)C. The van der Waals surface area contributed by atoms with Gasteiger partial charge in [0.25, 0.3) is 0 Å². The fourth-order valence-corrected chi connectivity index (χ4v) is 4.49. The lowest BCUT2D eigenvalue weighted by atomic mass is 10.2. The van der Waals surface area contributed by atoms with Gasteiger partial charge in [-0.2, -0.15) is 0 Å². The van der Waals surface area contributed by atoms with Gasteiger partial charge in [0.2, 0.25) is 5.91 Å². The number of ether oxygens (including phenoxy) is 2. The highest BCUT2D eigenvalue weighted by Crippen LogP contribution is 2.28. The number of carbonyl (C=O) groups is 1. The highest BCUT2D eigenvalue weighted by molar-refractivity contribution is 7.99. The quantitative estimate of drug-likeness (QED) is 0.393. The molecule has 182 valence electrons. The average molecular weight is 484 g/mol. The molecule has 0 aliphatic carbocycles. The molecule has 0 bridgehead atoms. The van der Waals surface area contributed by atoms with Crippen LogP contribution in [0.3, 0.4) is 0 Å². The molecular weight excluding hydrogens is 450 g/mol. The normalized spacial score (nSPS) is 11.9. The van der Waals surface area contributed by atoms with E-state index in [4.69, 9.17) is 9.47 Å². The second-order valence-corrected chi connectivity index (χ2v) is 9.00. The van der Waals surface area contributed by atoms with E-state index in [9.17, 15) is 4.79 Å². The number of rotatable bonds is 12. The minimum atomic E-state index is -0.0738. The largest absolute Gasteiger partial charge is 0.493 e. The molecule has 8 nitrogen and oxygen atoms in total. The predicted octanol–water partition coefficient (Wildman–Crippen LogP) is 3.76. The molecule has 3 aromatic rings. The Kier molecular flexibility index (Phi) is 9.35. The summed E-state index contributed by atoms with van der Waals surface area (Å²) in [5.41, 5.74) is 2.10. The van der Waals surface area contributed by atoms with Crippen LogP contribution in [0, 0.1) is 0 Å². The van der Waals surface area contributed by atoms with Crippen LogP contribution in [-0.2, 0) is 17.9 Å². The van der Waals surface area contributed by atoms with Gasteiger partial charge in [-0.15, -0.1) is 10.2 Å². The molecule has 1 unspecified atom stereocenters. The molecule has 0 aliphatic rings. The fourth-order valence-electron chi connectivity index (χ4n) is 3.72. The molecule has 1 N–H and O–H groups in total. The van der Waals surface area contributed by atoms with Gasteiger partial charge < -0.3 is 19.4 Å². The summed E-state index contributed by atoms with van der Waals surface area (Å²) in [6, 6.07) is 16.0. The molecule has 1 aromatic heterocycles. The van der Waals surface area contributed by atoms with Gasteiger partial charge >= 0.3 is 0 Å². The van der Waals surface area contributed by atoms with Crippen LogP contribution < -0.4 is 14.8 Å². The molecule has 1 amide bonds. The van der Waals surface area contributed by atoms with Crippen LogP contribution in [0.25, 0.3) is 0 Å². The minimum Gasteiger partial charge on any atom is -0.493 e. The molecule has 34 heavy (non-hydrogen) atoms. The lowest BCUT2D eigenvalue weighted by Crippen LogP contribution is -2.25. The highest BCUT2D eigenvalue weighted by atomic mass is 32.2. The first kappa shape index (κ1) is 25.6. The Morgan fingerprint density at radius 1 is 1.06 bits per heavy atom. The van der Waals surface area contributed by atoms with Crippen molar-refractivity contribution in [2.75, 3.05) is 34.1 Å². The summed E-state index contributed by atoms with van der Waals surface area (Å²) in [4.78, 5) is 14.7. The molecule has 0 aliphatic heterocycles. The Bertz CT molecular complexity index is 1070. The van der Waals surface area contributed by atoms with Crippen molar-refractivity contribution in [3.05, 3.63) is 65.5 Å². The lowest BCUT2D eigenvalue weighted by molar-refractivity contribution is -0.118. The maximum atomic E-state index is 12.6. The molecule has 0 fully saturated rings. The molecule has 1 heterocycles. The van der Waals surface area contributed by atoms with Crippen LogP contribution in [-0.4, -0.2) is 59.6 Å². The zero-order valence-electron chi connectivity index (χ0n) is 20.4. The molecule has 1 atom stereocenters. The minimum absolute atomic E-state index is 0.0738. The molecule has 0 radical (unpaired) electrons. The van der Waals surface area contributed by atoms with Crippen LogP contribution in [0.1, 0.15) is 36.3 Å². The zero-order valence-corrected chi connectivity index (χ0v) is 21.3. The van der Waals surface area contributed by atoms with Gasteiger partial charge in [0, 0.05) is 6.54 Å². The van der Waals surface area contributed by atoms with Crippen molar-refractivity contribution in [3.8, 4) is 11.5 Å². The number of nitrogens with one attached hydrogen (secondary N) is 1. The molecular formula is C25H33N5O3S. The third kappa shape index (κ3) is 6.51.